The molecule has 0 saturated heterocycles. The van der Waals surface area contributed by atoms with Gasteiger partial charge in [0.05, 0.1) is 13.1 Å². The Morgan fingerprint density at radius 3 is 2.70 bits per heavy atom. The normalized spacial score (nSPS) is 9.00. The molecular weight excluding hydrogens is 132 g/mol. The van der Waals surface area contributed by atoms with Gasteiger partial charge >= 0.3 is 0 Å². The molecule has 4 heteroatoms. The van der Waals surface area contributed by atoms with Gasteiger partial charge in [-0.15, -0.1) is 0 Å². The first-order chi connectivity index (χ1) is 4.72. The van der Waals surface area contributed by atoms with Crippen LogP contribution in [0, 0.1) is 0 Å². The van der Waals surface area contributed by atoms with E-state index in [9.17, 15) is 9.59 Å². The van der Waals surface area contributed by atoms with Gasteiger partial charge in [-0.25, -0.2) is 0 Å². The van der Waals surface area contributed by atoms with Crippen LogP contribution in [0.2, 0.25) is 0 Å². The van der Waals surface area contributed by atoms with Gasteiger partial charge < -0.3 is 15.0 Å². The summed E-state index contributed by atoms with van der Waals surface area (Å²) in [6, 6.07) is 0. The summed E-state index contributed by atoms with van der Waals surface area (Å²) in [7, 11) is 3.28. The molecule has 0 spiro atoms. The first-order valence-corrected chi connectivity index (χ1v) is 3.04. The standard InChI is InChI=1S/C6H12N2O2/c1-7-5-6(10)8(2)3-4-9/h4,7H,3,5H2,1-2H3. The van der Waals surface area contributed by atoms with E-state index in [1.165, 1.54) is 4.90 Å². The molecule has 58 valence electrons. The average Bonchev–Trinajstić information content (AvgIpc) is 1.89. The average molecular weight is 144 g/mol. The molecule has 10 heavy (non-hydrogen) atoms. The minimum Gasteiger partial charge on any atom is -0.338 e. The minimum atomic E-state index is -0.0744. The van der Waals surface area contributed by atoms with Crippen LogP contribution in [0.25, 0.3) is 0 Å². The van der Waals surface area contributed by atoms with Crippen molar-refractivity contribution in [1.82, 2.24) is 10.2 Å². The van der Waals surface area contributed by atoms with E-state index in [1.54, 1.807) is 14.1 Å². The predicted molar refractivity (Wildman–Crippen MR) is 37.6 cm³/mol. The number of rotatable bonds is 4. The van der Waals surface area contributed by atoms with Crippen molar-refractivity contribution in [3.05, 3.63) is 0 Å². The number of hydrogen-bond acceptors (Lipinski definition) is 3. The third-order valence-corrected chi connectivity index (χ3v) is 1.10. The van der Waals surface area contributed by atoms with E-state index in [4.69, 9.17) is 0 Å². The van der Waals surface area contributed by atoms with Crippen molar-refractivity contribution in [3.8, 4) is 0 Å². The van der Waals surface area contributed by atoms with Crippen molar-refractivity contribution in [2.45, 2.75) is 0 Å². The second-order valence-electron chi connectivity index (χ2n) is 1.97. The van der Waals surface area contributed by atoms with E-state index in [2.05, 4.69) is 5.32 Å². The van der Waals surface area contributed by atoms with Gasteiger partial charge in [-0.05, 0) is 7.05 Å². The number of nitrogens with one attached hydrogen (secondary N) is 1. The molecule has 0 atom stereocenters. The summed E-state index contributed by atoms with van der Waals surface area (Å²) in [6.45, 7) is 0.449. The second kappa shape index (κ2) is 4.93. The molecule has 0 aromatic carbocycles. The van der Waals surface area contributed by atoms with Gasteiger partial charge in [-0.3, -0.25) is 4.79 Å². The van der Waals surface area contributed by atoms with Crippen LogP contribution in [0.1, 0.15) is 0 Å². The molecule has 0 rings (SSSR count). The van der Waals surface area contributed by atoms with Crippen molar-refractivity contribution < 1.29 is 9.59 Å². The molecule has 0 aliphatic rings. The Hall–Kier alpha value is -0.900. The molecule has 0 radical (unpaired) electrons. The lowest BCUT2D eigenvalue weighted by atomic mass is 10.5. The largest absolute Gasteiger partial charge is 0.338 e. The number of carbonyl (C=O) groups is 2. The number of hydrogen-bond donors (Lipinski definition) is 1. The summed E-state index contributed by atoms with van der Waals surface area (Å²) in [5.74, 6) is -0.0744. The quantitative estimate of drug-likeness (QED) is 0.507. The Morgan fingerprint density at radius 1 is 1.70 bits per heavy atom. The van der Waals surface area contributed by atoms with Crippen LogP contribution < -0.4 is 5.32 Å². The van der Waals surface area contributed by atoms with E-state index < -0.39 is 0 Å². The Labute approximate surface area is 60.2 Å². The van der Waals surface area contributed by atoms with Crippen LogP contribution >= 0.6 is 0 Å². The SMILES string of the molecule is CNCC(=O)N(C)CC=O. The van der Waals surface area contributed by atoms with Gasteiger partial charge in [-0.1, -0.05) is 0 Å². The molecule has 0 bridgehead atoms. The van der Waals surface area contributed by atoms with Crippen LogP contribution in [-0.2, 0) is 9.59 Å². The third kappa shape index (κ3) is 3.19. The van der Waals surface area contributed by atoms with Gasteiger partial charge in [0.1, 0.15) is 6.29 Å². The smallest absolute Gasteiger partial charge is 0.236 e. The van der Waals surface area contributed by atoms with Crippen LogP contribution in [0.15, 0.2) is 0 Å². The lowest BCUT2D eigenvalue weighted by Crippen LogP contribution is -2.35. The summed E-state index contributed by atoms with van der Waals surface area (Å²) in [5, 5.41) is 2.70. The van der Waals surface area contributed by atoms with Gasteiger partial charge in [0, 0.05) is 7.05 Å². The zero-order valence-electron chi connectivity index (χ0n) is 6.26. The fraction of sp³-hybridized carbons (Fsp3) is 0.667. The predicted octanol–water partition coefficient (Wildman–Crippen LogP) is -1.14. The molecule has 0 fully saturated rings. The number of likely N-dealkylation sites (N-methyl/N-ethyl adjacent to an activating group) is 2. The summed E-state index contributed by atoms with van der Waals surface area (Å²) in [6.07, 6.45) is 0.702. The lowest BCUT2D eigenvalue weighted by molar-refractivity contribution is -0.130. The van der Waals surface area contributed by atoms with E-state index in [0.29, 0.717) is 6.29 Å². The maximum atomic E-state index is 10.8. The van der Waals surface area contributed by atoms with E-state index in [1.807, 2.05) is 0 Å². The van der Waals surface area contributed by atoms with Crippen LogP contribution in [0.4, 0.5) is 0 Å². The van der Waals surface area contributed by atoms with Gasteiger partial charge in [0.2, 0.25) is 5.91 Å². The second-order valence-corrected chi connectivity index (χ2v) is 1.97. The summed E-state index contributed by atoms with van der Waals surface area (Å²) >= 11 is 0. The molecule has 0 unspecified atom stereocenters. The maximum Gasteiger partial charge on any atom is 0.236 e. The molecular formula is C6H12N2O2. The van der Waals surface area contributed by atoms with Gasteiger partial charge in [0.25, 0.3) is 0 Å². The first kappa shape index (κ1) is 9.10. The Balaban J connectivity index is 3.58. The van der Waals surface area contributed by atoms with Crippen LogP contribution in [-0.4, -0.2) is 44.3 Å². The topological polar surface area (TPSA) is 49.4 Å². The zero-order chi connectivity index (χ0) is 7.98. The molecule has 4 nitrogen and oxygen atoms in total. The highest BCUT2D eigenvalue weighted by molar-refractivity contribution is 5.79. The maximum absolute atomic E-state index is 10.8. The van der Waals surface area contributed by atoms with Crippen LogP contribution in [0.5, 0.6) is 0 Å². The highest BCUT2D eigenvalue weighted by Crippen LogP contribution is 1.78. The van der Waals surface area contributed by atoms with E-state index in [-0.39, 0.29) is 19.0 Å². The van der Waals surface area contributed by atoms with Crippen molar-refractivity contribution in [3.63, 3.8) is 0 Å². The molecule has 0 aromatic rings. The lowest BCUT2D eigenvalue weighted by Gasteiger charge is -2.12. The number of aldehydes is 1. The Morgan fingerprint density at radius 2 is 2.30 bits per heavy atom. The first-order valence-electron chi connectivity index (χ1n) is 3.04. The minimum absolute atomic E-state index is 0.0744. The number of amides is 1. The van der Waals surface area contributed by atoms with Gasteiger partial charge in [0.15, 0.2) is 0 Å². The number of nitrogens with zero attached hydrogens (tertiary/aromatic N) is 1. The molecule has 0 aliphatic carbocycles. The van der Waals surface area contributed by atoms with E-state index >= 15 is 0 Å². The van der Waals surface area contributed by atoms with E-state index in [0.717, 1.165) is 0 Å². The van der Waals surface area contributed by atoms with Crippen molar-refractivity contribution >= 4 is 12.2 Å². The Kier molecular flexibility index (Phi) is 4.49. The third-order valence-electron chi connectivity index (χ3n) is 1.10. The highest BCUT2D eigenvalue weighted by Gasteiger charge is 2.04. The summed E-state index contributed by atoms with van der Waals surface area (Å²) in [5.41, 5.74) is 0. The van der Waals surface area contributed by atoms with Crippen molar-refractivity contribution in [2.24, 2.45) is 0 Å². The summed E-state index contributed by atoms with van der Waals surface area (Å²) in [4.78, 5) is 22.1. The fourth-order valence-corrected chi connectivity index (χ4v) is 0.500. The fourth-order valence-electron chi connectivity index (χ4n) is 0.500. The van der Waals surface area contributed by atoms with Crippen molar-refractivity contribution in [2.75, 3.05) is 27.2 Å². The van der Waals surface area contributed by atoms with Gasteiger partial charge in [-0.2, -0.15) is 0 Å². The molecule has 0 heterocycles. The monoisotopic (exact) mass is 144 g/mol. The highest BCUT2D eigenvalue weighted by atomic mass is 16.2. The molecule has 1 amide bonds. The molecule has 0 saturated carbocycles. The Bertz CT molecular complexity index is 125. The number of carbonyl (C=O) groups excluding carboxylic acids is 2. The summed E-state index contributed by atoms with van der Waals surface area (Å²) < 4.78 is 0. The zero-order valence-corrected chi connectivity index (χ0v) is 6.26. The van der Waals surface area contributed by atoms with Crippen molar-refractivity contribution in [1.29, 1.82) is 0 Å². The molecule has 0 aliphatic heterocycles. The molecule has 1 N–H and O–H groups in total. The molecule has 0 aromatic heterocycles. The van der Waals surface area contributed by atoms with Crippen LogP contribution in [0.3, 0.4) is 0 Å².